The van der Waals surface area contributed by atoms with Gasteiger partial charge >= 0.3 is 0 Å². The number of aryl methyl sites for hydroxylation is 1. The van der Waals surface area contributed by atoms with E-state index in [2.05, 4.69) is 0 Å². The Labute approximate surface area is 95.4 Å². The molecule has 0 heterocycles. The van der Waals surface area contributed by atoms with E-state index in [0.29, 0.717) is 0 Å². The van der Waals surface area contributed by atoms with Crippen LogP contribution in [0.5, 0.6) is 0 Å². The molecule has 1 aromatic rings. The third-order valence-corrected chi connectivity index (χ3v) is 4.34. The Bertz CT molecular complexity index is 485. The lowest BCUT2D eigenvalue weighted by molar-refractivity contribution is 0.549. The van der Waals surface area contributed by atoms with Crippen molar-refractivity contribution in [1.82, 2.24) is 0 Å². The number of halogens is 1. The summed E-state index contributed by atoms with van der Waals surface area (Å²) < 4.78 is 36.2. The zero-order valence-corrected chi connectivity index (χ0v) is 10.4. The Kier molecular flexibility index (Phi) is 3.70. The first-order valence-electron chi connectivity index (χ1n) is 4.94. The minimum absolute atomic E-state index is 0.248. The van der Waals surface area contributed by atoms with Crippen LogP contribution in [0, 0.1) is 12.7 Å². The van der Waals surface area contributed by atoms with E-state index in [1.807, 2.05) is 0 Å². The van der Waals surface area contributed by atoms with Gasteiger partial charge in [0.2, 0.25) is 0 Å². The van der Waals surface area contributed by atoms with Crippen LogP contribution in [0.1, 0.15) is 24.1 Å². The highest BCUT2D eigenvalue weighted by molar-refractivity contribution is 7.91. The van der Waals surface area contributed by atoms with E-state index < -0.39 is 26.9 Å². The molecule has 0 saturated carbocycles. The van der Waals surface area contributed by atoms with Crippen molar-refractivity contribution in [3.05, 3.63) is 35.1 Å². The first-order valence-corrected chi connectivity index (χ1v) is 6.89. The van der Waals surface area contributed by atoms with Crippen LogP contribution in [-0.4, -0.2) is 19.9 Å². The second-order valence-corrected chi connectivity index (χ2v) is 6.49. The van der Waals surface area contributed by atoms with Crippen LogP contribution in [0.2, 0.25) is 0 Å². The van der Waals surface area contributed by atoms with Gasteiger partial charge in [0, 0.05) is 17.9 Å². The molecular weight excluding hydrogens is 229 g/mol. The minimum atomic E-state index is -3.27. The molecule has 0 spiro atoms. The lowest BCUT2D eigenvalue weighted by atomic mass is 10.0. The number of benzene rings is 1. The van der Waals surface area contributed by atoms with Crippen molar-refractivity contribution in [2.75, 3.05) is 6.26 Å². The van der Waals surface area contributed by atoms with Crippen LogP contribution in [0.4, 0.5) is 4.39 Å². The summed E-state index contributed by atoms with van der Waals surface area (Å²) in [6.07, 6.45) is 1.10. The lowest BCUT2D eigenvalue weighted by Gasteiger charge is -2.19. The molecule has 0 fully saturated rings. The molecule has 0 bridgehead atoms. The smallest absolute Gasteiger partial charge is 0.151 e. The summed E-state index contributed by atoms with van der Waals surface area (Å²) in [6.45, 7) is 3.29. The normalized spacial score (nSPS) is 15.8. The van der Waals surface area contributed by atoms with Crippen molar-refractivity contribution < 1.29 is 12.8 Å². The Morgan fingerprint density at radius 2 is 1.94 bits per heavy atom. The molecule has 16 heavy (non-hydrogen) atoms. The van der Waals surface area contributed by atoms with Gasteiger partial charge in [0.15, 0.2) is 9.84 Å². The van der Waals surface area contributed by atoms with Gasteiger partial charge in [-0.2, -0.15) is 0 Å². The second-order valence-electron chi connectivity index (χ2n) is 4.09. The third-order valence-electron chi connectivity index (χ3n) is 2.69. The molecular formula is C11H16FNO2S. The molecule has 0 aliphatic rings. The highest BCUT2D eigenvalue weighted by Gasteiger charge is 2.26. The average molecular weight is 245 g/mol. The molecule has 0 aliphatic carbocycles. The molecule has 0 aliphatic heterocycles. The molecule has 5 heteroatoms. The van der Waals surface area contributed by atoms with Gasteiger partial charge in [-0.05, 0) is 19.9 Å². The zero-order valence-electron chi connectivity index (χ0n) is 9.57. The van der Waals surface area contributed by atoms with Gasteiger partial charge in [0.25, 0.3) is 0 Å². The number of sulfone groups is 1. The van der Waals surface area contributed by atoms with Gasteiger partial charge in [0.05, 0.1) is 5.25 Å². The summed E-state index contributed by atoms with van der Waals surface area (Å²) in [4.78, 5) is 0. The van der Waals surface area contributed by atoms with E-state index >= 15 is 0 Å². The number of hydrogen-bond acceptors (Lipinski definition) is 3. The Morgan fingerprint density at radius 3 is 2.44 bits per heavy atom. The fourth-order valence-electron chi connectivity index (χ4n) is 1.44. The van der Waals surface area contributed by atoms with E-state index in [9.17, 15) is 12.8 Å². The van der Waals surface area contributed by atoms with Gasteiger partial charge in [-0.1, -0.05) is 17.7 Å². The highest BCUT2D eigenvalue weighted by Crippen LogP contribution is 2.22. The minimum Gasteiger partial charge on any atom is -0.323 e. The molecule has 90 valence electrons. The quantitative estimate of drug-likeness (QED) is 0.879. The molecule has 1 rings (SSSR count). The lowest BCUT2D eigenvalue weighted by Crippen LogP contribution is -2.31. The summed E-state index contributed by atoms with van der Waals surface area (Å²) in [6, 6.07) is 3.67. The van der Waals surface area contributed by atoms with Gasteiger partial charge in [-0.3, -0.25) is 0 Å². The van der Waals surface area contributed by atoms with Crippen LogP contribution in [-0.2, 0) is 9.84 Å². The van der Waals surface area contributed by atoms with Crippen molar-refractivity contribution in [2.45, 2.75) is 25.1 Å². The van der Waals surface area contributed by atoms with Crippen LogP contribution < -0.4 is 5.73 Å². The van der Waals surface area contributed by atoms with Crippen molar-refractivity contribution in [3.8, 4) is 0 Å². The second kappa shape index (κ2) is 4.51. The van der Waals surface area contributed by atoms with Crippen molar-refractivity contribution in [3.63, 3.8) is 0 Å². The van der Waals surface area contributed by atoms with E-state index in [1.54, 1.807) is 19.1 Å². The third kappa shape index (κ3) is 2.80. The molecule has 0 amide bonds. The van der Waals surface area contributed by atoms with Gasteiger partial charge in [0.1, 0.15) is 5.82 Å². The van der Waals surface area contributed by atoms with Crippen LogP contribution >= 0.6 is 0 Å². The van der Waals surface area contributed by atoms with Gasteiger partial charge < -0.3 is 5.73 Å². The highest BCUT2D eigenvalue weighted by atomic mass is 32.2. The molecule has 0 radical (unpaired) electrons. The van der Waals surface area contributed by atoms with E-state index in [-0.39, 0.29) is 5.56 Å². The summed E-state index contributed by atoms with van der Waals surface area (Å²) in [5.41, 5.74) is 6.88. The summed E-state index contributed by atoms with van der Waals surface area (Å²) in [5.74, 6) is -0.464. The predicted molar refractivity (Wildman–Crippen MR) is 62.4 cm³/mol. The molecule has 3 nitrogen and oxygen atoms in total. The zero-order chi connectivity index (χ0) is 12.5. The predicted octanol–water partition coefficient (Wildman–Crippen LogP) is 1.57. The summed E-state index contributed by atoms with van der Waals surface area (Å²) in [5, 5.41) is -0.802. The largest absolute Gasteiger partial charge is 0.323 e. The number of hydrogen-bond donors (Lipinski definition) is 1. The molecule has 2 atom stereocenters. The Hall–Kier alpha value is -0.940. The summed E-state index contributed by atoms with van der Waals surface area (Å²) >= 11 is 0. The van der Waals surface area contributed by atoms with Gasteiger partial charge in [-0.25, -0.2) is 12.8 Å². The maximum atomic E-state index is 13.5. The molecule has 0 aromatic heterocycles. The molecule has 0 saturated heterocycles. The topological polar surface area (TPSA) is 60.2 Å². The Morgan fingerprint density at radius 1 is 1.38 bits per heavy atom. The first-order chi connectivity index (χ1) is 7.23. The van der Waals surface area contributed by atoms with E-state index in [1.165, 1.54) is 13.0 Å². The van der Waals surface area contributed by atoms with Crippen LogP contribution in [0.25, 0.3) is 0 Å². The summed E-state index contributed by atoms with van der Waals surface area (Å²) in [7, 11) is -3.27. The van der Waals surface area contributed by atoms with Crippen molar-refractivity contribution in [1.29, 1.82) is 0 Å². The average Bonchev–Trinajstić information content (AvgIpc) is 2.18. The van der Waals surface area contributed by atoms with Crippen LogP contribution in [0.15, 0.2) is 18.2 Å². The standard InChI is InChI=1S/C11H16FNO2S/c1-7-4-5-10(12)9(6-7)11(13)8(2)16(3,14)15/h4-6,8,11H,13H2,1-3H3. The first kappa shape index (κ1) is 13.1. The molecule has 2 unspecified atom stereocenters. The fraction of sp³-hybridized carbons (Fsp3) is 0.455. The van der Waals surface area contributed by atoms with Crippen LogP contribution in [0.3, 0.4) is 0 Å². The molecule has 1 aromatic carbocycles. The maximum absolute atomic E-state index is 13.5. The number of nitrogens with two attached hydrogens (primary N) is 1. The van der Waals surface area contributed by atoms with Crippen molar-refractivity contribution >= 4 is 9.84 Å². The monoisotopic (exact) mass is 245 g/mol. The van der Waals surface area contributed by atoms with Crippen molar-refractivity contribution in [2.24, 2.45) is 5.73 Å². The van der Waals surface area contributed by atoms with E-state index in [4.69, 9.17) is 5.73 Å². The number of rotatable bonds is 3. The maximum Gasteiger partial charge on any atom is 0.151 e. The van der Waals surface area contributed by atoms with E-state index in [0.717, 1.165) is 11.8 Å². The van der Waals surface area contributed by atoms with Gasteiger partial charge in [-0.15, -0.1) is 0 Å². The SMILES string of the molecule is Cc1ccc(F)c(C(N)C(C)S(C)(=O)=O)c1. The Balaban J connectivity index is 3.14. The molecule has 2 N–H and O–H groups in total. The fourth-order valence-corrected chi connectivity index (χ4v) is 2.12.